The van der Waals surface area contributed by atoms with Gasteiger partial charge in [0.25, 0.3) is 0 Å². The lowest BCUT2D eigenvalue weighted by molar-refractivity contribution is -0.161. The van der Waals surface area contributed by atoms with Crippen molar-refractivity contribution in [2.45, 2.75) is 302 Å². The van der Waals surface area contributed by atoms with Crippen LogP contribution < -0.4 is 5.73 Å². The molecule has 0 heterocycles. The van der Waals surface area contributed by atoms with Gasteiger partial charge in [-0.05, 0) is 103 Å². The molecule has 0 amide bonds. The van der Waals surface area contributed by atoms with Gasteiger partial charge in [-0.2, -0.15) is 0 Å². The van der Waals surface area contributed by atoms with Gasteiger partial charge in [0.1, 0.15) is 6.61 Å². The van der Waals surface area contributed by atoms with E-state index < -0.39 is 26.5 Å². The van der Waals surface area contributed by atoms with E-state index in [1.54, 1.807) is 0 Å². The Balaban J connectivity index is 3.92. The van der Waals surface area contributed by atoms with Gasteiger partial charge < -0.3 is 20.1 Å². The lowest BCUT2D eigenvalue weighted by Crippen LogP contribution is -2.29. The van der Waals surface area contributed by atoms with E-state index >= 15 is 0 Å². The number of phosphoric acid groups is 1. The number of hydrogen-bond donors (Lipinski definition) is 2. The van der Waals surface area contributed by atoms with Crippen molar-refractivity contribution in [3.05, 3.63) is 109 Å². The predicted octanol–water partition coefficient (Wildman–Crippen LogP) is 21.7. The first-order chi connectivity index (χ1) is 39.8. The molecule has 2 unspecified atom stereocenters. The summed E-state index contributed by atoms with van der Waals surface area (Å²) in [6.45, 7) is 3.64. The van der Waals surface area contributed by atoms with Crippen LogP contribution in [0.3, 0.4) is 0 Å². The smallest absolute Gasteiger partial charge is 0.462 e. The molecule has 0 aromatic carbocycles. The van der Waals surface area contributed by atoms with Gasteiger partial charge in [0.2, 0.25) is 0 Å². The number of allylic oxidation sites excluding steroid dienone is 18. The molecular formula is C71H124NO8P. The molecule has 0 aromatic rings. The van der Waals surface area contributed by atoms with E-state index in [-0.39, 0.29) is 38.6 Å². The van der Waals surface area contributed by atoms with Crippen LogP contribution in [0.2, 0.25) is 0 Å². The number of hydrogen-bond acceptors (Lipinski definition) is 8. The van der Waals surface area contributed by atoms with Crippen LogP contribution in [0.5, 0.6) is 0 Å². The van der Waals surface area contributed by atoms with E-state index in [0.29, 0.717) is 6.42 Å². The summed E-state index contributed by atoms with van der Waals surface area (Å²) in [4.78, 5) is 35.3. The number of esters is 2. The van der Waals surface area contributed by atoms with Crippen LogP contribution >= 0.6 is 7.82 Å². The minimum atomic E-state index is -4.40. The zero-order valence-electron chi connectivity index (χ0n) is 52.2. The van der Waals surface area contributed by atoms with Crippen molar-refractivity contribution in [2.75, 3.05) is 26.4 Å². The largest absolute Gasteiger partial charge is 0.472 e. The molecule has 81 heavy (non-hydrogen) atoms. The lowest BCUT2D eigenvalue weighted by Gasteiger charge is -2.19. The number of ether oxygens (including phenoxy) is 2. The van der Waals surface area contributed by atoms with Crippen molar-refractivity contribution in [2.24, 2.45) is 5.73 Å². The van der Waals surface area contributed by atoms with Crippen molar-refractivity contribution in [3.63, 3.8) is 0 Å². The summed E-state index contributed by atoms with van der Waals surface area (Å²) < 4.78 is 33.2. The fraction of sp³-hybridized carbons (Fsp3) is 0.718. The maximum absolute atomic E-state index is 12.8. The summed E-state index contributed by atoms with van der Waals surface area (Å²) in [5.74, 6) is -0.826. The van der Waals surface area contributed by atoms with E-state index in [2.05, 4.69) is 123 Å². The molecule has 0 aliphatic heterocycles. The third-order valence-corrected chi connectivity index (χ3v) is 15.1. The molecule has 466 valence electrons. The molecule has 0 radical (unpaired) electrons. The number of nitrogens with two attached hydrogens (primary N) is 1. The number of unbranched alkanes of at least 4 members (excludes halogenated alkanes) is 31. The van der Waals surface area contributed by atoms with E-state index in [9.17, 15) is 19.0 Å². The first-order valence-electron chi connectivity index (χ1n) is 33.4. The maximum atomic E-state index is 12.8. The molecule has 3 N–H and O–H groups in total. The molecule has 0 aliphatic carbocycles. The topological polar surface area (TPSA) is 134 Å². The van der Waals surface area contributed by atoms with Crippen LogP contribution in [0.4, 0.5) is 0 Å². The summed E-state index contributed by atoms with van der Waals surface area (Å²) >= 11 is 0. The minimum absolute atomic E-state index is 0.0495. The maximum Gasteiger partial charge on any atom is 0.472 e. The Labute approximate surface area is 499 Å². The fourth-order valence-corrected chi connectivity index (χ4v) is 10.0. The van der Waals surface area contributed by atoms with E-state index in [1.807, 2.05) is 0 Å². The predicted molar refractivity (Wildman–Crippen MR) is 348 cm³/mol. The molecule has 0 spiro atoms. The van der Waals surface area contributed by atoms with Crippen molar-refractivity contribution in [1.29, 1.82) is 0 Å². The summed E-state index contributed by atoms with van der Waals surface area (Å²) in [5, 5.41) is 0. The van der Waals surface area contributed by atoms with Crippen LogP contribution in [-0.4, -0.2) is 49.3 Å². The van der Waals surface area contributed by atoms with Crippen LogP contribution in [0.25, 0.3) is 0 Å². The second-order valence-corrected chi connectivity index (χ2v) is 23.4. The van der Waals surface area contributed by atoms with Gasteiger partial charge in [-0.1, -0.05) is 290 Å². The van der Waals surface area contributed by atoms with Crippen LogP contribution in [0, 0.1) is 0 Å². The molecule has 0 fully saturated rings. The number of carbonyl (C=O) groups excluding carboxylic acids is 2. The van der Waals surface area contributed by atoms with Gasteiger partial charge >= 0.3 is 19.8 Å². The summed E-state index contributed by atoms with van der Waals surface area (Å²) in [5.41, 5.74) is 5.40. The fourth-order valence-electron chi connectivity index (χ4n) is 9.24. The zero-order chi connectivity index (χ0) is 58.7. The highest BCUT2D eigenvalue weighted by molar-refractivity contribution is 7.47. The Morgan fingerprint density at radius 2 is 0.679 bits per heavy atom. The molecule has 0 bridgehead atoms. The second-order valence-electron chi connectivity index (χ2n) is 22.0. The number of carbonyl (C=O) groups is 2. The highest BCUT2D eigenvalue weighted by Crippen LogP contribution is 2.43. The van der Waals surface area contributed by atoms with E-state index in [4.69, 9.17) is 24.3 Å². The average molecular weight is 1150 g/mol. The summed E-state index contributed by atoms with van der Waals surface area (Å²) in [6, 6.07) is 0. The number of rotatable bonds is 62. The quantitative estimate of drug-likeness (QED) is 0.0264. The molecule has 0 saturated carbocycles. The Hall–Kier alpha value is -3.33. The molecule has 9 nitrogen and oxygen atoms in total. The lowest BCUT2D eigenvalue weighted by atomic mass is 10.0. The third kappa shape index (κ3) is 65.7. The molecule has 0 aromatic heterocycles. The van der Waals surface area contributed by atoms with Crippen LogP contribution in [0.1, 0.15) is 296 Å². The van der Waals surface area contributed by atoms with Gasteiger partial charge in [-0.3, -0.25) is 18.6 Å². The van der Waals surface area contributed by atoms with Crippen molar-refractivity contribution < 1.29 is 37.6 Å². The Bertz CT molecular complexity index is 1690. The summed E-state index contributed by atoms with van der Waals surface area (Å²) in [6.07, 6.45) is 90.2. The van der Waals surface area contributed by atoms with Gasteiger partial charge in [-0.25, -0.2) is 4.57 Å². The Kier molecular flexibility index (Phi) is 63.1. The Morgan fingerprint density at radius 3 is 1.01 bits per heavy atom. The second kappa shape index (κ2) is 65.8. The molecule has 0 saturated heterocycles. The van der Waals surface area contributed by atoms with Crippen LogP contribution in [-0.2, 0) is 32.7 Å². The zero-order valence-corrected chi connectivity index (χ0v) is 53.1. The Morgan fingerprint density at radius 1 is 0.383 bits per heavy atom. The van der Waals surface area contributed by atoms with E-state index in [0.717, 1.165) is 89.9 Å². The summed E-state index contributed by atoms with van der Waals surface area (Å²) in [7, 11) is -4.40. The number of phosphoric ester groups is 1. The van der Waals surface area contributed by atoms with Gasteiger partial charge in [0, 0.05) is 19.4 Å². The molecule has 0 rings (SSSR count). The third-order valence-electron chi connectivity index (χ3n) is 14.1. The van der Waals surface area contributed by atoms with Crippen LogP contribution in [0.15, 0.2) is 109 Å². The average Bonchev–Trinajstić information content (AvgIpc) is 3.46. The van der Waals surface area contributed by atoms with Crippen molar-refractivity contribution in [1.82, 2.24) is 0 Å². The van der Waals surface area contributed by atoms with Crippen molar-refractivity contribution in [3.8, 4) is 0 Å². The first-order valence-corrected chi connectivity index (χ1v) is 34.9. The first kappa shape index (κ1) is 77.7. The highest BCUT2D eigenvalue weighted by atomic mass is 31.2. The van der Waals surface area contributed by atoms with Gasteiger partial charge in [0.15, 0.2) is 6.10 Å². The molecule has 2 atom stereocenters. The minimum Gasteiger partial charge on any atom is -0.462 e. The molecule has 10 heteroatoms. The standard InChI is InChI=1S/C71H124NO8P/c1-3-5-7-9-11-13-15-17-19-21-23-25-27-29-31-32-33-34-35-36-38-40-42-44-46-48-50-52-54-56-58-60-62-64-71(74)80-69(68-79-81(75,76)78-66-65-72)67-77-70(73)63-61-59-57-55-53-51-49-47-45-43-41-39-37-30-28-26-24-22-20-18-16-14-12-10-8-6-4-2/h5,7,11,13,16-19,22-25,28-31,33-34,69H,3-4,6,8-10,12,14-15,20-21,26-27,32,35-68,72H2,1-2H3,(H,75,76)/b7-5-,13-11-,18-16-,19-17-,24-22-,25-23-,30-28-,31-29-,34-33-. The van der Waals surface area contributed by atoms with Gasteiger partial charge in [-0.15, -0.1) is 0 Å². The van der Waals surface area contributed by atoms with E-state index in [1.165, 1.54) is 173 Å². The highest BCUT2D eigenvalue weighted by Gasteiger charge is 2.26. The SMILES string of the molecule is CC/C=C\C/C=C\C/C=C\C/C=C\C/C=C\C/C=C\CCCCCCCCCCCCCCCCC(=O)OC(COC(=O)CCCCCCCCCCCCCC/C=C\C/C=C\C/C=C\CCCCCCC)COP(=O)(O)OCCN. The van der Waals surface area contributed by atoms with Gasteiger partial charge in [0.05, 0.1) is 13.2 Å². The van der Waals surface area contributed by atoms with Crippen molar-refractivity contribution >= 4 is 19.8 Å². The molecule has 0 aliphatic rings. The molecular weight excluding hydrogens is 1030 g/mol. The normalized spacial score (nSPS) is 13.7. The monoisotopic (exact) mass is 1150 g/mol.